The number of hydrogen-bond acceptors (Lipinski definition) is 5. The van der Waals surface area contributed by atoms with Gasteiger partial charge in [-0.3, -0.25) is 9.59 Å². The molecule has 4 aromatic rings. The van der Waals surface area contributed by atoms with Gasteiger partial charge in [0.05, 0.1) is 11.7 Å². The minimum absolute atomic E-state index is 0.0400. The maximum Gasteiger partial charge on any atom is 0.221 e. The molecule has 7 nitrogen and oxygen atoms in total. The summed E-state index contributed by atoms with van der Waals surface area (Å²) in [6.45, 7) is 6.41. The monoisotopic (exact) mass is 515 g/mol. The number of carbonyl (C=O) groups excluding carboxylic acids is 2. The fourth-order valence-electron chi connectivity index (χ4n) is 4.36. The molecule has 2 N–H and O–H groups in total. The number of carbonyl (C=O) groups is 2. The summed E-state index contributed by atoms with van der Waals surface area (Å²) in [7, 11) is 0. The van der Waals surface area contributed by atoms with Crippen LogP contribution in [0, 0.1) is 6.92 Å². The van der Waals surface area contributed by atoms with Gasteiger partial charge in [-0.2, -0.15) is 5.10 Å². The Kier molecular flexibility index (Phi) is 9.35. The van der Waals surface area contributed by atoms with Crippen LogP contribution in [0.5, 0.6) is 0 Å². The third-order valence-electron chi connectivity index (χ3n) is 6.31. The van der Waals surface area contributed by atoms with Crippen LogP contribution in [-0.2, 0) is 16.1 Å². The highest BCUT2D eigenvalue weighted by Crippen LogP contribution is 2.34. The summed E-state index contributed by atoms with van der Waals surface area (Å²) in [5.74, 6) is 0.574. The molecule has 0 unspecified atom stereocenters. The Bertz CT molecular complexity index is 1300. The van der Waals surface area contributed by atoms with Crippen molar-refractivity contribution in [2.45, 2.75) is 44.0 Å². The van der Waals surface area contributed by atoms with Gasteiger partial charge in [-0.05, 0) is 90.7 Å². The van der Waals surface area contributed by atoms with Crippen LogP contribution in [0.25, 0.3) is 5.52 Å². The van der Waals surface area contributed by atoms with E-state index in [0.717, 1.165) is 24.3 Å². The van der Waals surface area contributed by atoms with Crippen LogP contribution in [0.4, 0.5) is 5.69 Å². The normalized spacial score (nSPS) is 14.0. The molecule has 1 aliphatic heterocycles. The van der Waals surface area contributed by atoms with Crippen LogP contribution < -0.4 is 10.6 Å². The maximum atomic E-state index is 11.1. The molecule has 0 radical (unpaired) electrons. The van der Waals surface area contributed by atoms with Gasteiger partial charge in [-0.15, -0.1) is 0 Å². The average molecular weight is 516 g/mol. The number of piperidine rings is 1. The van der Waals surface area contributed by atoms with E-state index >= 15 is 0 Å². The van der Waals surface area contributed by atoms with Gasteiger partial charge in [0.15, 0.2) is 0 Å². The van der Waals surface area contributed by atoms with Crippen molar-refractivity contribution in [2.75, 3.05) is 18.4 Å². The molecule has 0 atom stereocenters. The lowest BCUT2D eigenvalue weighted by molar-refractivity contribution is -0.114. The first kappa shape index (κ1) is 26.4. The van der Waals surface area contributed by atoms with E-state index in [0.29, 0.717) is 18.9 Å². The highest BCUT2D eigenvalue weighted by atomic mass is 32.2. The summed E-state index contributed by atoms with van der Waals surface area (Å²) in [4.78, 5) is 22.2. The lowest BCUT2D eigenvalue weighted by Crippen LogP contribution is -2.27. The summed E-state index contributed by atoms with van der Waals surface area (Å²) in [6, 6.07) is 22.3. The predicted molar refractivity (Wildman–Crippen MR) is 149 cm³/mol. The zero-order valence-corrected chi connectivity index (χ0v) is 22.1. The Morgan fingerprint density at radius 2 is 1.81 bits per heavy atom. The first-order valence-corrected chi connectivity index (χ1v) is 13.2. The number of amides is 2. The highest BCUT2D eigenvalue weighted by Gasteiger charge is 2.22. The summed E-state index contributed by atoms with van der Waals surface area (Å²) in [6.07, 6.45) is 7.04. The van der Waals surface area contributed by atoms with E-state index in [9.17, 15) is 9.59 Å². The van der Waals surface area contributed by atoms with Crippen LogP contribution in [0.2, 0.25) is 0 Å². The molecule has 2 amide bonds. The summed E-state index contributed by atoms with van der Waals surface area (Å²) < 4.78 is 4.39. The van der Waals surface area contributed by atoms with E-state index in [4.69, 9.17) is 0 Å². The van der Waals surface area contributed by atoms with Crippen molar-refractivity contribution in [3.8, 4) is 0 Å². The molecular weight excluding hydrogens is 482 g/mol. The molecule has 192 valence electrons. The second-order valence-corrected chi connectivity index (χ2v) is 10.3. The van der Waals surface area contributed by atoms with Gasteiger partial charge in [0.25, 0.3) is 0 Å². The van der Waals surface area contributed by atoms with Gasteiger partial charge in [0.1, 0.15) is 0 Å². The molecular formula is C29H33N5O2S. The second kappa shape index (κ2) is 13.1. The Morgan fingerprint density at radius 1 is 1.08 bits per heavy atom. The summed E-state index contributed by atoms with van der Waals surface area (Å²) in [5, 5.41) is 9.76. The molecule has 8 heteroatoms. The number of nitrogens with one attached hydrogen (secondary N) is 2. The van der Waals surface area contributed by atoms with Gasteiger partial charge in [-0.1, -0.05) is 30.3 Å². The van der Waals surface area contributed by atoms with Gasteiger partial charge in [0, 0.05) is 43.3 Å². The number of rotatable bonds is 7. The number of aromatic nitrogens is 2. The molecule has 5 rings (SSSR count). The smallest absolute Gasteiger partial charge is 0.221 e. The molecule has 0 spiro atoms. The topological polar surface area (TPSA) is 78.7 Å². The van der Waals surface area contributed by atoms with E-state index in [-0.39, 0.29) is 5.91 Å². The van der Waals surface area contributed by atoms with Crippen molar-refractivity contribution < 1.29 is 9.59 Å². The molecule has 37 heavy (non-hydrogen) atoms. The Morgan fingerprint density at radius 3 is 2.49 bits per heavy atom. The highest BCUT2D eigenvalue weighted by molar-refractivity contribution is 7.97. The van der Waals surface area contributed by atoms with Gasteiger partial charge in [0.2, 0.25) is 12.3 Å². The number of pyridine rings is 1. The lowest BCUT2D eigenvalue weighted by atomic mass is 9.90. The quantitative estimate of drug-likeness (QED) is 0.254. The van der Waals surface area contributed by atoms with Crippen LogP contribution in [0.3, 0.4) is 0 Å². The molecule has 1 saturated heterocycles. The maximum absolute atomic E-state index is 11.1. The molecule has 2 aromatic heterocycles. The molecule has 1 aliphatic rings. The van der Waals surface area contributed by atoms with Gasteiger partial charge >= 0.3 is 0 Å². The Hall–Kier alpha value is -3.62. The molecule has 0 aliphatic carbocycles. The van der Waals surface area contributed by atoms with E-state index in [1.54, 1.807) is 11.9 Å². The number of anilines is 1. The molecule has 0 bridgehead atoms. The third kappa shape index (κ3) is 7.68. The average Bonchev–Trinajstić information content (AvgIpc) is 3.29. The molecule has 2 aromatic carbocycles. The first-order chi connectivity index (χ1) is 18.0. The number of hydrogen-bond donors (Lipinski definition) is 2. The van der Waals surface area contributed by atoms with E-state index in [1.165, 1.54) is 41.3 Å². The number of fused-ring (bicyclic) bond motifs is 1. The van der Waals surface area contributed by atoms with Crippen LogP contribution in [-0.4, -0.2) is 39.3 Å². The standard InChI is InChI=1S/C21H24N4OS.C8H9NO/c1-15-14-22-25-12-9-18(13-21(15)25)17-7-10-24(11-8-17)27-20-5-3-19(4-6-20)23-16(2)26;10-7-9-6-8-4-2-1-3-5-8/h3-6,9,12-14,17H,7-8,10-11H2,1-2H3,(H,23,26);1-5,7H,6H2,(H,9,10). The third-order valence-corrected chi connectivity index (χ3v) is 7.41. The van der Waals surface area contributed by atoms with Crippen molar-refractivity contribution in [1.82, 2.24) is 19.2 Å². The van der Waals surface area contributed by atoms with Crippen molar-refractivity contribution in [3.63, 3.8) is 0 Å². The van der Waals surface area contributed by atoms with Crippen LogP contribution >= 0.6 is 11.9 Å². The molecule has 1 fully saturated rings. The first-order valence-electron chi connectivity index (χ1n) is 12.5. The van der Waals surface area contributed by atoms with Crippen LogP contribution in [0.15, 0.2) is 84.0 Å². The van der Waals surface area contributed by atoms with Crippen molar-refractivity contribution in [1.29, 1.82) is 0 Å². The lowest BCUT2D eigenvalue weighted by Gasteiger charge is -2.31. The van der Waals surface area contributed by atoms with Crippen molar-refractivity contribution >= 4 is 35.5 Å². The SMILES string of the molecule is CC(=O)Nc1ccc(SN2CCC(c3ccn4ncc(C)c4c3)CC2)cc1.O=CNCc1ccccc1. The summed E-state index contributed by atoms with van der Waals surface area (Å²) in [5.41, 5.74) is 5.83. The minimum atomic E-state index is -0.0400. The van der Waals surface area contributed by atoms with Crippen molar-refractivity contribution in [2.24, 2.45) is 0 Å². The fraction of sp³-hybridized carbons (Fsp3) is 0.276. The zero-order chi connectivity index (χ0) is 26.0. The molecule has 3 heterocycles. The Balaban J connectivity index is 0.000000270. The minimum Gasteiger partial charge on any atom is -0.355 e. The van der Waals surface area contributed by atoms with Gasteiger partial charge < -0.3 is 10.6 Å². The van der Waals surface area contributed by atoms with Crippen molar-refractivity contribution in [3.05, 3.63) is 95.8 Å². The zero-order valence-electron chi connectivity index (χ0n) is 21.3. The van der Waals surface area contributed by atoms with Crippen LogP contribution in [0.1, 0.15) is 42.4 Å². The number of nitrogens with zero attached hydrogens (tertiary/aromatic N) is 3. The fourth-order valence-corrected chi connectivity index (χ4v) is 5.31. The number of benzene rings is 2. The number of aryl methyl sites for hydroxylation is 1. The van der Waals surface area contributed by atoms with Gasteiger partial charge in [-0.25, -0.2) is 8.82 Å². The van der Waals surface area contributed by atoms with E-state index in [2.05, 4.69) is 57.4 Å². The predicted octanol–water partition coefficient (Wildman–Crippen LogP) is 5.42. The van der Waals surface area contributed by atoms with E-state index < -0.39 is 0 Å². The largest absolute Gasteiger partial charge is 0.355 e. The Labute approximate surface area is 222 Å². The summed E-state index contributed by atoms with van der Waals surface area (Å²) >= 11 is 1.80. The molecule has 0 saturated carbocycles. The second-order valence-electron chi connectivity index (χ2n) is 9.10. The van der Waals surface area contributed by atoms with E-state index in [1.807, 2.05) is 53.2 Å².